The number of nitrogens with zero attached hydrogens (tertiary/aromatic N) is 1. The topological polar surface area (TPSA) is 40.5 Å². The first kappa shape index (κ1) is 16.2. The molecule has 0 fully saturated rings. The third-order valence-corrected chi connectivity index (χ3v) is 4.29. The Hall–Kier alpha value is -2.65. The number of unbranched alkanes of at least 4 members (excludes halogenated alkanes) is 1. The Labute approximate surface area is 142 Å². The summed E-state index contributed by atoms with van der Waals surface area (Å²) in [6, 6.07) is 16.9. The van der Waals surface area contributed by atoms with Crippen molar-refractivity contribution in [1.29, 1.82) is 0 Å². The average molecular weight is 319 g/mol. The van der Waals surface area contributed by atoms with Crippen LogP contribution in [0.5, 0.6) is 0 Å². The van der Waals surface area contributed by atoms with Gasteiger partial charge in [0.25, 0.3) is 5.91 Å². The summed E-state index contributed by atoms with van der Waals surface area (Å²) in [7, 11) is 0. The van der Waals surface area contributed by atoms with Crippen LogP contribution in [-0.2, 0) is 0 Å². The lowest BCUT2D eigenvalue weighted by Gasteiger charge is -2.28. The molecule has 1 aliphatic heterocycles. The van der Waals surface area contributed by atoms with Gasteiger partial charge >= 0.3 is 0 Å². The normalized spacial score (nSPS) is 16.3. The van der Waals surface area contributed by atoms with Gasteiger partial charge in [-0.1, -0.05) is 60.7 Å². The van der Waals surface area contributed by atoms with E-state index in [9.17, 15) is 9.90 Å². The molecule has 1 atom stereocenters. The molecule has 3 heteroatoms. The Morgan fingerprint density at radius 1 is 1.00 bits per heavy atom. The molecule has 1 unspecified atom stereocenters. The number of carbonyl (C=O) groups is 1. The van der Waals surface area contributed by atoms with Crippen LogP contribution >= 0.6 is 0 Å². The van der Waals surface area contributed by atoms with E-state index in [4.69, 9.17) is 0 Å². The number of allylic oxidation sites excluding steroid dienone is 2. The van der Waals surface area contributed by atoms with E-state index in [2.05, 4.69) is 12.7 Å². The van der Waals surface area contributed by atoms with Crippen molar-refractivity contribution in [1.82, 2.24) is 4.90 Å². The highest BCUT2D eigenvalue weighted by molar-refractivity contribution is 6.09. The SMILES string of the molecule is C=CCCC=C1c2ccccc2C(=O)N1C(CO)c1ccccc1. The quantitative estimate of drug-likeness (QED) is 0.641. The second-order valence-corrected chi connectivity index (χ2v) is 5.79. The fraction of sp³-hybridized carbons (Fsp3) is 0.190. The van der Waals surface area contributed by atoms with Crippen molar-refractivity contribution in [2.45, 2.75) is 18.9 Å². The first-order chi connectivity index (χ1) is 11.8. The van der Waals surface area contributed by atoms with Gasteiger partial charge in [-0.15, -0.1) is 6.58 Å². The van der Waals surface area contributed by atoms with Crippen molar-refractivity contribution in [2.24, 2.45) is 0 Å². The van der Waals surface area contributed by atoms with Crippen LogP contribution in [0.25, 0.3) is 5.70 Å². The first-order valence-electron chi connectivity index (χ1n) is 8.17. The Bertz CT molecular complexity index is 764. The summed E-state index contributed by atoms with van der Waals surface area (Å²) >= 11 is 0. The van der Waals surface area contributed by atoms with Crippen LogP contribution in [0.15, 0.2) is 73.3 Å². The van der Waals surface area contributed by atoms with E-state index >= 15 is 0 Å². The maximum absolute atomic E-state index is 13.0. The van der Waals surface area contributed by atoms with Gasteiger partial charge in [0.05, 0.1) is 12.6 Å². The molecule has 1 amide bonds. The molecule has 3 rings (SSSR count). The summed E-state index contributed by atoms with van der Waals surface area (Å²) < 4.78 is 0. The van der Waals surface area contributed by atoms with Crippen LogP contribution in [-0.4, -0.2) is 22.5 Å². The Morgan fingerprint density at radius 3 is 2.33 bits per heavy atom. The number of fused-ring (bicyclic) bond motifs is 1. The molecule has 0 radical (unpaired) electrons. The van der Waals surface area contributed by atoms with Crippen LogP contribution < -0.4 is 0 Å². The molecule has 1 N–H and O–H groups in total. The van der Waals surface area contributed by atoms with E-state index in [1.807, 2.05) is 60.7 Å². The number of amides is 1. The smallest absolute Gasteiger partial charge is 0.259 e. The summed E-state index contributed by atoms with van der Waals surface area (Å²) in [5, 5.41) is 9.99. The molecule has 0 aromatic heterocycles. The second-order valence-electron chi connectivity index (χ2n) is 5.79. The fourth-order valence-corrected chi connectivity index (χ4v) is 3.13. The molecule has 122 valence electrons. The van der Waals surface area contributed by atoms with Gasteiger partial charge in [0.15, 0.2) is 0 Å². The van der Waals surface area contributed by atoms with Gasteiger partial charge in [-0.3, -0.25) is 9.69 Å². The summed E-state index contributed by atoms with van der Waals surface area (Å²) in [6.07, 6.45) is 5.59. The Balaban J connectivity index is 2.06. The zero-order valence-corrected chi connectivity index (χ0v) is 13.6. The lowest BCUT2D eigenvalue weighted by molar-refractivity contribution is 0.0747. The van der Waals surface area contributed by atoms with E-state index in [1.165, 1.54) is 0 Å². The number of hydrogen-bond donors (Lipinski definition) is 1. The highest BCUT2D eigenvalue weighted by Gasteiger charge is 2.36. The molecule has 0 bridgehead atoms. The van der Waals surface area contributed by atoms with E-state index < -0.39 is 0 Å². The lowest BCUT2D eigenvalue weighted by atomic mass is 10.0. The van der Waals surface area contributed by atoms with Crippen molar-refractivity contribution in [3.05, 3.63) is 90.0 Å². The Morgan fingerprint density at radius 2 is 1.67 bits per heavy atom. The standard InChI is InChI=1S/C21H21NO2/c1-2-3-5-14-19-17-12-8-9-13-18(17)21(24)22(19)20(15-23)16-10-6-4-7-11-16/h2,4,6-14,20,23H,1,3,5,15H2. The van der Waals surface area contributed by atoms with E-state index in [1.54, 1.807) is 4.90 Å². The van der Waals surface area contributed by atoms with Gasteiger partial charge in [0.2, 0.25) is 0 Å². The van der Waals surface area contributed by atoms with E-state index in [-0.39, 0.29) is 18.6 Å². The minimum absolute atomic E-state index is 0.0571. The molecule has 0 saturated heterocycles. The van der Waals surface area contributed by atoms with Crippen LogP contribution in [0.3, 0.4) is 0 Å². The second kappa shape index (κ2) is 7.28. The van der Waals surface area contributed by atoms with Crippen molar-refractivity contribution in [3.8, 4) is 0 Å². The molecular weight excluding hydrogens is 298 g/mol. The predicted octanol–water partition coefficient (Wildman–Crippen LogP) is 4.18. The average Bonchev–Trinajstić information content (AvgIpc) is 2.90. The number of rotatable bonds is 6. The predicted molar refractivity (Wildman–Crippen MR) is 96.3 cm³/mol. The zero-order chi connectivity index (χ0) is 16.9. The monoisotopic (exact) mass is 319 g/mol. The molecule has 0 spiro atoms. The lowest BCUT2D eigenvalue weighted by Crippen LogP contribution is -2.30. The van der Waals surface area contributed by atoms with Crippen molar-refractivity contribution >= 4 is 11.6 Å². The molecule has 3 nitrogen and oxygen atoms in total. The van der Waals surface area contributed by atoms with E-state index in [0.29, 0.717) is 5.56 Å². The number of benzene rings is 2. The van der Waals surface area contributed by atoms with Gasteiger partial charge in [-0.05, 0) is 24.5 Å². The highest BCUT2D eigenvalue weighted by atomic mass is 16.3. The Kier molecular flexibility index (Phi) is 4.92. The molecule has 1 aliphatic rings. The summed E-state index contributed by atoms with van der Waals surface area (Å²) in [4.78, 5) is 14.7. The maximum atomic E-state index is 13.0. The molecular formula is C21H21NO2. The third-order valence-electron chi connectivity index (χ3n) is 4.29. The summed E-state index contributed by atoms with van der Waals surface area (Å²) in [5.74, 6) is -0.0571. The maximum Gasteiger partial charge on any atom is 0.259 e. The van der Waals surface area contributed by atoms with Crippen molar-refractivity contribution in [2.75, 3.05) is 6.61 Å². The molecule has 1 heterocycles. The molecule has 24 heavy (non-hydrogen) atoms. The van der Waals surface area contributed by atoms with Gasteiger partial charge < -0.3 is 5.11 Å². The molecule has 0 saturated carbocycles. The van der Waals surface area contributed by atoms with Crippen molar-refractivity contribution < 1.29 is 9.90 Å². The number of carbonyl (C=O) groups excluding carboxylic acids is 1. The van der Waals surface area contributed by atoms with Crippen LogP contribution in [0.2, 0.25) is 0 Å². The highest BCUT2D eigenvalue weighted by Crippen LogP contribution is 2.39. The summed E-state index contributed by atoms with van der Waals surface area (Å²) in [6.45, 7) is 3.63. The van der Waals surface area contributed by atoms with Crippen LogP contribution in [0.4, 0.5) is 0 Å². The minimum Gasteiger partial charge on any atom is -0.394 e. The summed E-state index contributed by atoms with van der Waals surface area (Å²) in [5.41, 5.74) is 3.42. The fourth-order valence-electron chi connectivity index (χ4n) is 3.13. The first-order valence-corrected chi connectivity index (χ1v) is 8.17. The number of aliphatic hydroxyl groups excluding tert-OH is 1. The third kappa shape index (κ3) is 2.91. The van der Waals surface area contributed by atoms with Gasteiger partial charge in [0, 0.05) is 16.8 Å². The zero-order valence-electron chi connectivity index (χ0n) is 13.6. The van der Waals surface area contributed by atoms with Gasteiger partial charge in [-0.2, -0.15) is 0 Å². The molecule has 0 aliphatic carbocycles. The van der Waals surface area contributed by atoms with Crippen LogP contribution in [0, 0.1) is 0 Å². The van der Waals surface area contributed by atoms with E-state index in [0.717, 1.165) is 29.7 Å². The minimum atomic E-state index is -0.388. The van der Waals surface area contributed by atoms with Gasteiger partial charge in [0.1, 0.15) is 0 Å². The number of aliphatic hydroxyl groups is 1. The largest absolute Gasteiger partial charge is 0.394 e. The molecule has 2 aromatic rings. The number of hydrogen-bond acceptors (Lipinski definition) is 2. The van der Waals surface area contributed by atoms with Crippen LogP contribution in [0.1, 0.15) is 40.4 Å². The molecule has 2 aromatic carbocycles. The van der Waals surface area contributed by atoms with Gasteiger partial charge in [-0.25, -0.2) is 0 Å². The van der Waals surface area contributed by atoms with Crippen molar-refractivity contribution in [3.63, 3.8) is 0 Å².